The van der Waals surface area contributed by atoms with E-state index in [-0.39, 0.29) is 18.1 Å². The smallest absolute Gasteiger partial charge is 0.332 e. The number of fused-ring (bicyclic) bond motifs is 1. The summed E-state index contributed by atoms with van der Waals surface area (Å²) in [6, 6.07) is 0.0634. The molecule has 160 valence electrons. The number of allylic oxidation sites excluding steroid dienone is 2. The van der Waals surface area contributed by atoms with Crippen molar-refractivity contribution in [3.05, 3.63) is 32.5 Å². The van der Waals surface area contributed by atoms with Crippen molar-refractivity contribution in [2.45, 2.75) is 65.2 Å². The van der Waals surface area contributed by atoms with Gasteiger partial charge >= 0.3 is 5.69 Å². The molecule has 29 heavy (non-hydrogen) atoms. The molecule has 3 rings (SSSR count). The first-order valence-corrected chi connectivity index (χ1v) is 10.1. The van der Waals surface area contributed by atoms with Gasteiger partial charge < -0.3 is 20.9 Å². The molecule has 0 spiro atoms. The van der Waals surface area contributed by atoms with Crippen LogP contribution in [0.2, 0.25) is 0 Å². The summed E-state index contributed by atoms with van der Waals surface area (Å²) in [4.78, 5) is 32.9. The van der Waals surface area contributed by atoms with E-state index < -0.39 is 11.2 Å². The molecule has 0 aliphatic carbocycles. The summed E-state index contributed by atoms with van der Waals surface area (Å²) >= 11 is 0. The molecule has 9 heteroatoms. The van der Waals surface area contributed by atoms with Crippen molar-refractivity contribution < 1.29 is 0 Å². The third kappa shape index (κ3) is 4.30. The summed E-state index contributed by atoms with van der Waals surface area (Å²) < 4.78 is 4.56. The average molecular weight is 404 g/mol. The Morgan fingerprint density at radius 2 is 1.97 bits per heavy atom. The Morgan fingerprint density at radius 3 is 2.55 bits per heavy atom. The summed E-state index contributed by atoms with van der Waals surface area (Å²) in [5.41, 5.74) is 12.9. The largest absolute Gasteiger partial charge is 0.341 e. The van der Waals surface area contributed by atoms with E-state index in [1.807, 2.05) is 32.3 Å². The van der Waals surface area contributed by atoms with Crippen LogP contribution in [0.5, 0.6) is 0 Å². The number of aromatic nitrogens is 4. The number of anilines is 1. The zero-order valence-electron chi connectivity index (χ0n) is 18.1. The molecule has 1 fully saturated rings. The standard InChI is InChI=1S/C20H33N7O2/c1-13(2)8-10-26-15-16(23-18(26)25-9-6-7-14(21)11-25)27(12-20(3,4)22)19(29)24(5)17(15)28/h8,14H,6-7,9-12,21-22H2,1-5H3. The van der Waals surface area contributed by atoms with Gasteiger partial charge in [-0.25, -0.2) is 4.79 Å². The fourth-order valence-electron chi connectivity index (χ4n) is 3.78. The van der Waals surface area contributed by atoms with Gasteiger partial charge in [-0.05, 0) is 40.5 Å². The number of imidazole rings is 1. The van der Waals surface area contributed by atoms with Crippen molar-refractivity contribution in [1.29, 1.82) is 0 Å². The first kappa shape index (κ1) is 21.3. The summed E-state index contributed by atoms with van der Waals surface area (Å²) in [5.74, 6) is 0.680. The minimum absolute atomic E-state index is 0.0634. The maximum atomic E-state index is 13.1. The first-order valence-electron chi connectivity index (χ1n) is 10.1. The van der Waals surface area contributed by atoms with Gasteiger partial charge in [0, 0.05) is 44.8 Å². The van der Waals surface area contributed by atoms with Crippen molar-refractivity contribution >= 4 is 17.1 Å². The monoisotopic (exact) mass is 403 g/mol. The van der Waals surface area contributed by atoms with Gasteiger partial charge in [-0.1, -0.05) is 11.6 Å². The summed E-state index contributed by atoms with van der Waals surface area (Å²) in [7, 11) is 1.50. The predicted octanol–water partition coefficient (Wildman–Crippen LogP) is 0.528. The van der Waals surface area contributed by atoms with E-state index in [4.69, 9.17) is 16.5 Å². The highest BCUT2D eigenvalue weighted by Crippen LogP contribution is 2.24. The van der Waals surface area contributed by atoms with Crippen LogP contribution in [-0.4, -0.2) is 43.4 Å². The van der Waals surface area contributed by atoms with E-state index in [1.165, 1.54) is 11.6 Å². The third-order valence-corrected chi connectivity index (χ3v) is 5.20. The SMILES string of the molecule is CC(C)=CCn1c(N2CCCC(N)C2)nc2c1c(=O)n(C)c(=O)n2CC(C)(C)N. The van der Waals surface area contributed by atoms with E-state index in [0.29, 0.717) is 30.2 Å². The van der Waals surface area contributed by atoms with Crippen LogP contribution in [0.4, 0.5) is 5.95 Å². The highest BCUT2D eigenvalue weighted by Gasteiger charge is 2.27. The van der Waals surface area contributed by atoms with Gasteiger partial charge in [0.2, 0.25) is 5.95 Å². The molecule has 0 radical (unpaired) electrons. The minimum atomic E-state index is -0.633. The van der Waals surface area contributed by atoms with Crippen LogP contribution >= 0.6 is 0 Å². The fraction of sp³-hybridized carbons (Fsp3) is 0.650. The molecule has 0 saturated carbocycles. The van der Waals surface area contributed by atoms with E-state index in [0.717, 1.165) is 29.5 Å². The van der Waals surface area contributed by atoms with Crippen LogP contribution in [0.3, 0.4) is 0 Å². The quantitative estimate of drug-likeness (QED) is 0.703. The van der Waals surface area contributed by atoms with Gasteiger partial charge in [-0.2, -0.15) is 4.98 Å². The second kappa shape index (κ2) is 7.79. The molecular formula is C20H33N7O2. The van der Waals surface area contributed by atoms with Gasteiger partial charge in [0.1, 0.15) is 0 Å². The Bertz CT molecular complexity index is 1050. The lowest BCUT2D eigenvalue weighted by Gasteiger charge is -2.31. The second-order valence-corrected chi connectivity index (χ2v) is 9.05. The topological polar surface area (TPSA) is 117 Å². The highest BCUT2D eigenvalue weighted by molar-refractivity contribution is 5.75. The average Bonchev–Trinajstić information content (AvgIpc) is 3.00. The zero-order chi connectivity index (χ0) is 21.5. The molecule has 9 nitrogen and oxygen atoms in total. The van der Waals surface area contributed by atoms with Gasteiger partial charge in [-0.3, -0.25) is 13.9 Å². The van der Waals surface area contributed by atoms with Gasteiger partial charge in [-0.15, -0.1) is 0 Å². The van der Waals surface area contributed by atoms with Crippen LogP contribution in [0, 0.1) is 0 Å². The maximum Gasteiger partial charge on any atom is 0.332 e. The van der Waals surface area contributed by atoms with Crippen molar-refractivity contribution in [2.24, 2.45) is 18.5 Å². The van der Waals surface area contributed by atoms with Crippen molar-refractivity contribution in [2.75, 3.05) is 18.0 Å². The number of rotatable bonds is 5. The van der Waals surface area contributed by atoms with Crippen LogP contribution in [0.1, 0.15) is 40.5 Å². The van der Waals surface area contributed by atoms with Crippen LogP contribution in [-0.2, 0) is 20.1 Å². The number of hydrogen-bond donors (Lipinski definition) is 2. The first-order chi connectivity index (χ1) is 13.5. The normalized spacial score (nSPS) is 17.8. The molecule has 0 bridgehead atoms. The molecule has 1 aliphatic rings. The second-order valence-electron chi connectivity index (χ2n) is 9.05. The van der Waals surface area contributed by atoms with E-state index in [1.54, 1.807) is 0 Å². The Labute approximate surface area is 170 Å². The lowest BCUT2D eigenvalue weighted by Crippen LogP contribution is -2.45. The molecule has 2 aromatic heterocycles. The molecule has 1 unspecified atom stereocenters. The highest BCUT2D eigenvalue weighted by atomic mass is 16.2. The molecule has 1 atom stereocenters. The van der Waals surface area contributed by atoms with Crippen LogP contribution in [0.25, 0.3) is 11.2 Å². The van der Waals surface area contributed by atoms with Gasteiger partial charge in [0.05, 0.1) is 0 Å². The Kier molecular flexibility index (Phi) is 5.73. The van der Waals surface area contributed by atoms with E-state index in [2.05, 4.69) is 11.0 Å². The van der Waals surface area contributed by atoms with Crippen molar-refractivity contribution in [3.63, 3.8) is 0 Å². The van der Waals surface area contributed by atoms with Crippen LogP contribution in [0.15, 0.2) is 21.2 Å². The number of hydrogen-bond acceptors (Lipinski definition) is 6. The fourth-order valence-corrected chi connectivity index (χ4v) is 3.78. The third-order valence-electron chi connectivity index (χ3n) is 5.20. The van der Waals surface area contributed by atoms with Crippen molar-refractivity contribution in [1.82, 2.24) is 18.7 Å². The summed E-state index contributed by atoms with van der Waals surface area (Å²) in [5, 5.41) is 0. The number of nitrogens with zero attached hydrogens (tertiary/aromatic N) is 5. The predicted molar refractivity (Wildman–Crippen MR) is 116 cm³/mol. The molecule has 0 amide bonds. The minimum Gasteiger partial charge on any atom is -0.341 e. The summed E-state index contributed by atoms with van der Waals surface area (Å²) in [6.07, 6.45) is 3.99. The number of piperidine rings is 1. The van der Waals surface area contributed by atoms with Gasteiger partial charge in [0.15, 0.2) is 11.2 Å². The molecular weight excluding hydrogens is 370 g/mol. The molecule has 0 aromatic carbocycles. The Hall–Kier alpha value is -2.39. The van der Waals surface area contributed by atoms with E-state index in [9.17, 15) is 9.59 Å². The lowest BCUT2D eigenvalue weighted by atomic mass is 10.1. The number of nitrogens with two attached hydrogens (primary N) is 2. The van der Waals surface area contributed by atoms with Crippen molar-refractivity contribution in [3.8, 4) is 0 Å². The Morgan fingerprint density at radius 1 is 1.28 bits per heavy atom. The molecule has 1 saturated heterocycles. The summed E-state index contributed by atoms with van der Waals surface area (Å²) in [6.45, 7) is 9.97. The molecule has 4 N–H and O–H groups in total. The zero-order valence-corrected chi connectivity index (χ0v) is 18.1. The molecule has 3 heterocycles. The molecule has 2 aromatic rings. The lowest BCUT2D eigenvalue weighted by molar-refractivity contribution is 0.422. The molecule has 1 aliphatic heterocycles. The van der Waals surface area contributed by atoms with E-state index >= 15 is 0 Å². The Balaban J connectivity index is 2.32. The maximum absolute atomic E-state index is 13.1. The van der Waals surface area contributed by atoms with Crippen LogP contribution < -0.4 is 27.6 Å². The van der Waals surface area contributed by atoms with Gasteiger partial charge in [0.25, 0.3) is 5.56 Å².